The maximum Gasteiger partial charge on any atom is 0.170 e. The Labute approximate surface area is 127 Å². The summed E-state index contributed by atoms with van der Waals surface area (Å²) in [5.41, 5.74) is 0.563. The summed E-state index contributed by atoms with van der Waals surface area (Å²) in [4.78, 5) is 12.7. The second kappa shape index (κ2) is 5.91. The molecule has 0 aliphatic heterocycles. The van der Waals surface area contributed by atoms with Gasteiger partial charge in [-0.25, -0.2) is 0 Å². The van der Waals surface area contributed by atoms with E-state index >= 15 is 0 Å². The van der Waals surface area contributed by atoms with Gasteiger partial charge in [0.25, 0.3) is 0 Å². The first-order chi connectivity index (χ1) is 9.78. The van der Waals surface area contributed by atoms with Gasteiger partial charge in [0, 0.05) is 19.3 Å². The Morgan fingerprint density at radius 1 is 1.33 bits per heavy atom. The summed E-state index contributed by atoms with van der Waals surface area (Å²) in [5.74, 6) is 0.175. The fourth-order valence-corrected chi connectivity index (χ4v) is 3.01. The van der Waals surface area contributed by atoms with E-state index in [1.165, 1.54) is 0 Å². The average molecular weight is 292 g/mol. The molecule has 118 valence electrons. The highest BCUT2D eigenvalue weighted by molar-refractivity contribution is 5.89. The van der Waals surface area contributed by atoms with Crippen molar-refractivity contribution in [3.63, 3.8) is 0 Å². The maximum atomic E-state index is 12.7. The lowest BCUT2D eigenvalue weighted by Gasteiger charge is -2.41. The van der Waals surface area contributed by atoms with E-state index in [9.17, 15) is 4.79 Å². The molecule has 2 rings (SSSR count). The Hall–Kier alpha value is -1.16. The highest BCUT2D eigenvalue weighted by Gasteiger charge is 2.43. The van der Waals surface area contributed by atoms with Gasteiger partial charge in [0.2, 0.25) is 0 Å². The monoisotopic (exact) mass is 292 g/mol. The average Bonchev–Trinajstić information content (AvgIpc) is 2.88. The van der Waals surface area contributed by atoms with Crippen LogP contribution in [-0.4, -0.2) is 28.3 Å². The van der Waals surface area contributed by atoms with Gasteiger partial charge < -0.3 is 4.74 Å². The highest BCUT2D eigenvalue weighted by atomic mass is 16.5. The molecule has 0 unspecified atom stereocenters. The number of carbonyl (C=O) groups excluding carboxylic acids is 1. The van der Waals surface area contributed by atoms with E-state index in [1.54, 1.807) is 7.11 Å². The Morgan fingerprint density at radius 3 is 2.43 bits per heavy atom. The summed E-state index contributed by atoms with van der Waals surface area (Å²) in [6, 6.07) is 2.26. The van der Waals surface area contributed by atoms with Gasteiger partial charge in [0.1, 0.15) is 5.60 Å². The topological polar surface area (TPSA) is 44.1 Å². The van der Waals surface area contributed by atoms with Gasteiger partial charge in [-0.1, -0.05) is 13.8 Å². The summed E-state index contributed by atoms with van der Waals surface area (Å²) in [6.45, 7) is 8.69. The lowest BCUT2D eigenvalue weighted by atomic mass is 9.69. The van der Waals surface area contributed by atoms with E-state index in [2.05, 4.69) is 32.8 Å². The number of carbonyl (C=O) groups is 1. The molecule has 1 aliphatic carbocycles. The summed E-state index contributed by atoms with van der Waals surface area (Å²) >= 11 is 0. The maximum absolute atomic E-state index is 12.7. The molecule has 0 spiro atoms. The van der Waals surface area contributed by atoms with Gasteiger partial charge in [0.05, 0.1) is 12.1 Å². The Balaban J connectivity index is 2.06. The van der Waals surface area contributed by atoms with Crippen LogP contribution < -0.4 is 0 Å². The van der Waals surface area contributed by atoms with Crippen LogP contribution in [0.3, 0.4) is 0 Å². The Kier molecular flexibility index (Phi) is 4.57. The lowest BCUT2D eigenvalue weighted by molar-refractivity contribution is -0.147. The zero-order valence-electron chi connectivity index (χ0n) is 14.0. The van der Waals surface area contributed by atoms with Crippen LogP contribution in [0.15, 0.2) is 12.3 Å². The normalized spacial score (nSPS) is 20.7. The van der Waals surface area contributed by atoms with Crippen molar-refractivity contribution in [2.24, 2.45) is 5.41 Å². The van der Waals surface area contributed by atoms with Crippen molar-refractivity contribution in [3.8, 4) is 0 Å². The molecule has 0 atom stereocenters. The van der Waals surface area contributed by atoms with Crippen LogP contribution in [-0.2, 0) is 16.0 Å². The number of ether oxygens (including phenoxy) is 1. The number of hydrogen-bond donors (Lipinski definition) is 0. The van der Waals surface area contributed by atoms with E-state index in [1.807, 2.05) is 16.9 Å². The first kappa shape index (κ1) is 16.2. The summed E-state index contributed by atoms with van der Waals surface area (Å²) in [7, 11) is 1.67. The third-order valence-electron chi connectivity index (χ3n) is 4.84. The standard InChI is InChI=1S/C17H28N2O2/c1-13(2)19-11-6-14(18-19)12-15(20)17(21-5)9-7-16(3,4)8-10-17/h6,11,13H,7-10,12H2,1-5H3. The molecule has 0 saturated heterocycles. The Bertz CT molecular complexity index is 493. The first-order valence-electron chi connectivity index (χ1n) is 7.90. The zero-order chi connectivity index (χ0) is 15.7. The van der Waals surface area contributed by atoms with Crippen molar-refractivity contribution in [2.45, 2.75) is 71.4 Å². The van der Waals surface area contributed by atoms with Gasteiger partial charge >= 0.3 is 0 Å². The van der Waals surface area contributed by atoms with Crippen LogP contribution in [0.25, 0.3) is 0 Å². The van der Waals surface area contributed by atoms with Crippen molar-refractivity contribution in [3.05, 3.63) is 18.0 Å². The number of rotatable bonds is 5. The van der Waals surface area contributed by atoms with Crippen molar-refractivity contribution < 1.29 is 9.53 Å². The van der Waals surface area contributed by atoms with E-state index in [-0.39, 0.29) is 5.78 Å². The second-order valence-corrected chi connectivity index (χ2v) is 7.34. The van der Waals surface area contributed by atoms with E-state index in [0.29, 0.717) is 17.9 Å². The SMILES string of the molecule is COC1(C(=O)Cc2ccn(C(C)C)n2)CCC(C)(C)CC1. The van der Waals surface area contributed by atoms with Crippen molar-refractivity contribution in [1.82, 2.24) is 9.78 Å². The van der Waals surface area contributed by atoms with Crippen LogP contribution >= 0.6 is 0 Å². The molecule has 1 fully saturated rings. The molecule has 0 N–H and O–H groups in total. The zero-order valence-corrected chi connectivity index (χ0v) is 14.0. The van der Waals surface area contributed by atoms with Gasteiger partial charge in [0.15, 0.2) is 5.78 Å². The molecular formula is C17H28N2O2. The van der Waals surface area contributed by atoms with Gasteiger partial charge in [-0.15, -0.1) is 0 Å². The van der Waals surface area contributed by atoms with Crippen molar-refractivity contribution in [2.75, 3.05) is 7.11 Å². The fourth-order valence-electron chi connectivity index (χ4n) is 3.01. The summed E-state index contributed by atoms with van der Waals surface area (Å²) < 4.78 is 7.57. The third kappa shape index (κ3) is 3.54. The summed E-state index contributed by atoms with van der Waals surface area (Å²) in [6.07, 6.45) is 6.02. The molecule has 4 heteroatoms. The first-order valence-corrected chi connectivity index (χ1v) is 7.90. The molecule has 0 aromatic carbocycles. The van der Waals surface area contributed by atoms with E-state index < -0.39 is 5.60 Å². The van der Waals surface area contributed by atoms with Gasteiger partial charge in [-0.2, -0.15) is 5.10 Å². The van der Waals surface area contributed by atoms with Gasteiger partial charge in [-0.05, 0) is 51.0 Å². The molecule has 1 heterocycles. The minimum atomic E-state index is -0.600. The largest absolute Gasteiger partial charge is 0.370 e. The number of aromatic nitrogens is 2. The quantitative estimate of drug-likeness (QED) is 0.833. The molecule has 21 heavy (non-hydrogen) atoms. The van der Waals surface area contributed by atoms with Crippen LogP contribution in [0.1, 0.15) is 65.1 Å². The molecule has 1 aliphatic rings. The van der Waals surface area contributed by atoms with Crippen LogP contribution in [0.4, 0.5) is 0 Å². The molecule has 0 amide bonds. The lowest BCUT2D eigenvalue weighted by Crippen LogP contribution is -2.46. The fraction of sp³-hybridized carbons (Fsp3) is 0.765. The molecule has 1 saturated carbocycles. The number of methoxy groups -OCH3 is 1. The summed E-state index contributed by atoms with van der Waals surface area (Å²) in [5, 5.41) is 4.48. The molecule has 1 aromatic heterocycles. The number of hydrogen-bond acceptors (Lipinski definition) is 3. The number of nitrogens with zero attached hydrogens (tertiary/aromatic N) is 2. The second-order valence-electron chi connectivity index (χ2n) is 7.34. The molecule has 0 bridgehead atoms. The number of ketones is 1. The highest BCUT2D eigenvalue weighted by Crippen LogP contribution is 2.42. The van der Waals surface area contributed by atoms with Crippen molar-refractivity contribution in [1.29, 1.82) is 0 Å². The van der Waals surface area contributed by atoms with Crippen LogP contribution in [0.2, 0.25) is 0 Å². The van der Waals surface area contributed by atoms with Gasteiger partial charge in [-0.3, -0.25) is 9.48 Å². The van der Waals surface area contributed by atoms with Crippen LogP contribution in [0, 0.1) is 5.41 Å². The predicted octanol–water partition coefficient (Wildman–Crippen LogP) is 3.56. The predicted molar refractivity (Wildman–Crippen MR) is 83.3 cm³/mol. The molecule has 4 nitrogen and oxygen atoms in total. The molecule has 1 aromatic rings. The molecular weight excluding hydrogens is 264 g/mol. The third-order valence-corrected chi connectivity index (χ3v) is 4.84. The van der Waals surface area contributed by atoms with E-state index in [0.717, 1.165) is 31.4 Å². The smallest absolute Gasteiger partial charge is 0.170 e. The number of Topliss-reactive ketones (excluding diaryl/α,β-unsaturated/α-hetero) is 1. The van der Waals surface area contributed by atoms with E-state index in [4.69, 9.17) is 4.74 Å². The van der Waals surface area contributed by atoms with Crippen LogP contribution in [0.5, 0.6) is 0 Å². The minimum Gasteiger partial charge on any atom is -0.370 e. The van der Waals surface area contributed by atoms with Crippen molar-refractivity contribution >= 4 is 5.78 Å². The Morgan fingerprint density at radius 2 is 1.95 bits per heavy atom. The minimum absolute atomic E-state index is 0.175. The molecule has 0 radical (unpaired) electrons.